The van der Waals surface area contributed by atoms with Gasteiger partial charge in [0.1, 0.15) is 0 Å². The molecule has 2 heteroatoms. The molecule has 2 nitrogen and oxygen atoms in total. The molecule has 0 aromatic rings. The smallest absolute Gasteiger partial charge is 0.303 e. The van der Waals surface area contributed by atoms with Crippen molar-refractivity contribution in [1.29, 1.82) is 0 Å². The van der Waals surface area contributed by atoms with Gasteiger partial charge < -0.3 is 5.11 Å². The zero-order valence-electron chi connectivity index (χ0n) is 11.2. The lowest BCUT2D eigenvalue weighted by molar-refractivity contribution is -0.137. The topological polar surface area (TPSA) is 37.3 Å². The van der Waals surface area contributed by atoms with Crippen molar-refractivity contribution in [2.45, 2.75) is 72.1 Å². The molecule has 0 aliphatic rings. The van der Waals surface area contributed by atoms with E-state index in [9.17, 15) is 4.79 Å². The van der Waals surface area contributed by atoms with Crippen LogP contribution in [0.25, 0.3) is 0 Å². The van der Waals surface area contributed by atoms with Crippen LogP contribution in [0.15, 0.2) is 0 Å². The zero-order chi connectivity index (χ0) is 12.4. The van der Waals surface area contributed by atoms with Gasteiger partial charge in [-0.25, -0.2) is 0 Å². The minimum atomic E-state index is -0.664. The molecule has 2 atom stereocenters. The lowest BCUT2D eigenvalue weighted by Gasteiger charge is -2.13. The third-order valence-corrected chi connectivity index (χ3v) is 3.30. The molecule has 0 aliphatic carbocycles. The maximum atomic E-state index is 10.4. The number of hydrogen-bond donors (Lipinski definition) is 1. The fourth-order valence-corrected chi connectivity index (χ4v) is 2.03. The summed E-state index contributed by atoms with van der Waals surface area (Å²) >= 11 is 0. The highest BCUT2D eigenvalue weighted by Crippen LogP contribution is 2.19. The molecule has 0 rings (SSSR count). The Labute approximate surface area is 100 Å². The predicted molar refractivity (Wildman–Crippen MR) is 68.6 cm³/mol. The first kappa shape index (κ1) is 15.5. The van der Waals surface area contributed by atoms with Gasteiger partial charge in [0.2, 0.25) is 0 Å². The van der Waals surface area contributed by atoms with Crippen LogP contribution in [-0.2, 0) is 4.79 Å². The van der Waals surface area contributed by atoms with Crippen LogP contribution < -0.4 is 0 Å². The van der Waals surface area contributed by atoms with E-state index >= 15 is 0 Å². The summed E-state index contributed by atoms with van der Waals surface area (Å²) in [6, 6.07) is 0. The monoisotopic (exact) mass is 228 g/mol. The minimum Gasteiger partial charge on any atom is -0.481 e. The molecule has 0 aromatic heterocycles. The summed E-state index contributed by atoms with van der Waals surface area (Å²) in [5.41, 5.74) is 0. The van der Waals surface area contributed by atoms with E-state index < -0.39 is 5.97 Å². The van der Waals surface area contributed by atoms with Crippen molar-refractivity contribution in [1.82, 2.24) is 0 Å². The molecule has 96 valence electrons. The van der Waals surface area contributed by atoms with E-state index in [1.807, 2.05) is 0 Å². The summed E-state index contributed by atoms with van der Waals surface area (Å²) in [5.74, 6) is 0.740. The number of carboxylic acid groups (broad SMARTS) is 1. The van der Waals surface area contributed by atoms with Gasteiger partial charge >= 0.3 is 5.97 Å². The van der Waals surface area contributed by atoms with E-state index in [4.69, 9.17) is 5.11 Å². The number of unbranched alkanes of at least 4 members (excludes halogenated alkanes) is 1. The van der Waals surface area contributed by atoms with Crippen LogP contribution in [0.4, 0.5) is 0 Å². The van der Waals surface area contributed by atoms with Gasteiger partial charge in [-0.1, -0.05) is 59.3 Å². The predicted octanol–water partition coefficient (Wildman–Crippen LogP) is 4.48. The zero-order valence-corrected chi connectivity index (χ0v) is 11.2. The Morgan fingerprint density at radius 3 is 2.00 bits per heavy atom. The highest BCUT2D eigenvalue weighted by molar-refractivity contribution is 5.66. The Balaban J connectivity index is 3.38. The standard InChI is InChI=1S/C14H28O2/c1-4-5-7-12(2)8-6-9-13(3)10-11-14(15)16/h12-13H,4-11H2,1-3H3,(H,15,16). The van der Waals surface area contributed by atoms with Crippen LogP contribution in [0.2, 0.25) is 0 Å². The van der Waals surface area contributed by atoms with Gasteiger partial charge in [0.15, 0.2) is 0 Å². The van der Waals surface area contributed by atoms with Crippen LogP contribution in [0.5, 0.6) is 0 Å². The van der Waals surface area contributed by atoms with Crippen LogP contribution in [-0.4, -0.2) is 11.1 Å². The molecule has 2 unspecified atom stereocenters. The third kappa shape index (κ3) is 10.0. The second-order valence-electron chi connectivity index (χ2n) is 5.22. The second-order valence-corrected chi connectivity index (χ2v) is 5.22. The quantitative estimate of drug-likeness (QED) is 0.598. The van der Waals surface area contributed by atoms with E-state index in [1.165, 1.54) is 38.5 Å². The summed E-state index contributed by atoms with van der Waals surface area (Å²) in [5, 5.41) is 8.57. The SMILES string of the molecule is CCCCC(C)CCCC(C)CCC(=O)O. The second kappa shape index (κ2) is 9.68. The van der Waals surface area contributed by atoms with Crippen molar-refractivity contribution in [2.75, 3.05) is 0 Å². The van der Waals surface area contributed by atoms with E-state index in [0.29, 0.717) is 12.3 Å². The molecule has 1 N–H and O–H groups in total. The van der Waals surface area contributed by atoms with Crippen LogP contribution in [0.3, 0.4) is 0 Å². The number of rotatable bonds is 10. The van der Waals surface area contributed by atoms with Crippen molar-refractivity contribution in [3.63, 3.8) is 0 Å². The number of hydrogen-bond acceptors (Lipinski definition) is 1. The molecule has 0 radical (unpaired) electrons. The summed E-state index contributed by atoms with van der Waals surface area (Å²) < 4.78 is 0. The molecule has 0 heterocycles. The number of carbonyl (C=O) groups is 1. The Morgan fingerprint density at radius 2 is 1.50 bits per heavy atom. The first-order valence-corrected chi connectivity index (χ1v) is 6.78. The molecular weight excluding hydrogens is 200 g/mol. The summed E-state index contributed by atoms with van der Waals surface area (Å²) in [7, 11) is 0. The molecular formula is C14H28O2. The van der Waals surface area contributed by atoms with Gasteiger partial charge in [-0.3, -0.25) is 4.79 Å². The van der Waals surface area contributed by atoms with Gasteiger partial charge in [0.25, 0.3) is 0 Å². The van der Waals surface area contributed by atoms with Gasteiger partial charge in [-0.05, 0) is 18.3 Å². The van der Waals surface area contributed by atoms with Gasteiger partial charge in [0.05, 0.1) is 0 Å². The molecule has 0 aromatic carbocycles. The molecule has 0 saturated heterocycles. The first-order chi connectivity index (χ1) is 7.56. The van der Waals surface area contributed by atoms with E-state index in [1.54, 1.807) is 0 Å². The molecule has 0 aliphatic heterocycles. The molecule has 0 spiro atoms. The third-order valence-electron chi connectivity index (χ3n) is 3.30. The largest absolute Gasteiger partial charge is 0.481 e. The Kier molecular flexibility index (Phi) is 9.36. The Hall–Kier alpha value is -0.530. The van der Waals surface area contributed by atoms with Crippen molar-refractivity contribution in [2.24, 2.45) is 11.8 Å². The van der Waals surface area contributed by atoms with E-state index in [-0.39, 0.29) is 0 Å². The Morgan fingerprint density at radius 1 is 1.00 bits per heavy atom. The fourth-order valence-electron chi connectivity index (χ4n) is 2.03. The van der Waals surface area contributed by atoms with Gasteiger partial charge in [-0.15, -0.1) is 0 Å². The first-order valence-electron chi connectivity index (χ1n) is 6.78. The van der Waals surface area contributed by atoms with Crippen molar-refractivity contribution in [3.05, 3.63) is 0 Å². The van der Waals surface area contributed by atoms with Crippen molar-refractivity contribution < 1.29 is 9.90 Å². The molecule has 0 saturated carbocycles. The average molecular weight is 228 g/mol. The molecule has 16 heavy (non-hydrogen) atoms. The summed E-state index contributed by atoms with van der Waals surface area (Å²) in [6.07, 6.45) is 8.88. The number of aliphatic carboxylic acids is 1. The fraction of sp³-hybridized carbons (Fsp3) is 0.929. The average Bonchev–Trinajstić information content (AvgIpc) is 2.23. The lowest BCUT2D eigenvalue weighted by atomic mass is 9.93. The Bertz CT molecular complexity index is 178. The normalized spacial score (nSPS) is 14.7. The summed E-state index contributed by atoms with van der Waals surface area (Å²) in [6.45, 7) is 6.73. The van der Waals surface area contributed by atoms with Crippen molar-refractivity contribution in [3.8, 4) is 0 Å². The highest BCUT2D eigenvalue weighted by Gasteiger charge is 2.07. The van der Waals surface area contributed by atoms with E-state index in [0.717, 1.165) is 12.3 Å². The van der Waals surface area contributed by atoms with E-state index in [2.05, 4.69) is 20.8 Å². The maximum Gasteiger partial charge on any atom is 0.303 e. The summed E-state index contributed by atoms with van der Waals surface area (Å²) in [4.78, 5) is 10.4. The molecule has 0 amide bonds. The molecule has 0 fully saturated rings. The van der Waals surface area contributed by atoms with Crippen LogP contribution >= 0.6 is 0 Å². The lowest BCUT2D eigenvalue weighted by Crippen LogP contribution is -2.02. The van der Waals surface area contributed by atoms with Crippen LogP contribution in [0.1, 0.15) is 72.1 Å². The molecule has 0 bridgehead atoms. The maximum absolute atomic E-state index is 10.4. The minimum absolute atomic E-state index is 0.326. The number of carboxylic acids is 1. The van der Waals surface area contributed by atoms with Gasteiger partial charge in [-0.2, -0.15) is 0 Å². The van der Waals surface area contributed by atoms with Crippen molar-refractivity contribution >= 4 is 5.97 Å². The van der Waals surface area contributed by atoms with Crippen LogP contribution in [0, 0.1) is 11.8 Å². The highest BCUT2D eigenvalue weighted by atomic mass is 16.4. The van der Waals surface area contributed by atoms with Gasteiger partial charge in [0, 0.05) is 6.42 Å².